The molecule has 0 aromatic carbocycles. The molecular weight excluding hydrogens is 218 g/mol. The molecule has 3 nitrogen and oxygen atoms in total. The van der Waals surface area contributed by atoms with Gasteiger partial charge in [-0.3, -0.25) is 0 Å². The Hall–Kier alpha value is -0.790. The van der Waals surface area contributed by atoms with Crippen molar-refractivity contribution in [2.45, 2.75) is 19.3 Å². The van der Waals surface area contributed by atoms with Crippen LogP contribution in [0.3, 0.4) is 0 Å². The Balaban J connectivity index is 2.23. The highest BCUT2D eigenvalue weighted by molar-refractivity contribution is 7.11. The lowest BCUT2D eigenvalue weighted by atomic mass is 10.1. The van der Waals surface area contributed by atoms with Gasteiger partial charge in [0.2, 0.25) is 0 Å². The first-order valence-electron chi connectivity index (χ1n) is 4.63. The van der Waals surface area contributed by atoms with Crippen molar-refractivity contribution in [3.8, 4) is 6.07 Å². The second-order valence-electron chi connectivity index (χ2n) is 3.31. The molecule has 1 aromatic heterocycles. The van der Waals surface area contributed by atoms with Gasteiger partial charge >= 0.3 is 0 Å². The first kappa shape index (κ1) is 9.75. The molecule has 0 atom stereocenters. The first-order valence-corrected chi connectivity index (χ1v) is 5.78. The van der Waals surface area contributed by atoms with Crippen molar-refractivity contribution in [3.05, 3.63) is 10.7 Å². The number of rotatable bonds is 1. The SMILES string of the molecule is N#Cc1nsc(N2CCCCC2)c1Cl. The van der Waals surface area contributed by atoms with Crippen molar-refractivity contribution in [1.82, 2.24) is 4.37 Å². The van der Waals surface area contributed by atoms with E-state index in [1.165, 1.54) is 30.8 Å². The van der Waals surface area contributed by atoms with Crippen molar-refractivity contribution < 1.29 is 0 Å². The number of aromatic nitrogens is 1. The normalized spacial score (nSPS) is 16.7. The molecule has 2 rings (SSSR count). The van der Waals surface area contributed by atoms with E-state index < -0.39 is 0 Å². The summed E-state index contributed by atoms with van der Waals surface area (Å²) in [4.78, 5) is 2.23. The largest absolute Gasteiger partial charge is 0.361 e. The highest BCUT2D eigenvalue weighted by atomic mass is 35.5. The third-order valence-corrected chi connectivity index (χ3v) is 3.75. The number of halogens is 1. The predicted molar refractivity (Wildman–Crippen MR) is 57.9 cm³/mol. The molecule has 0 N–H and O–H groups in total. The summed E-state index contributed by atoms with van der Waals surface area (Å²) in [7, 11) is 0. The second kappa shape index (κ2) is 4.16. The van der Waals surface area contributed by atoms with Crippen LogP contribution in [0.15, 0.2) is 0 Å². The number of anilines is 1. The monoisotopic (exact) mass is 227 g/mol. The van der Waals surface area contributed by atoms with Crippen molar-refractivity contribution in [2.75, 3.05) is 18.0 Å². The standard InChI is InChI=1S/C9H10ClN3S/c10-8-7(6-11)12-14-9(8)13-4-2-1-3-5-13/h1-5H2. The molecule has 2 heterocycles. The molecule has 0 spiro atoms. The van der Waals surface area contributed by atoms with Gasteiger partial charge in [-0.25, -0.2) is 0 Å². The molecule has 0 aliphatic carbocycles. The third-order valence-electron chi connectivity index (χ3n) is 2.37. The maximum absolute atomic E-state index is 8.72. The van der Waals surface area contributed by atoms with E-state index in [1.54, 1.807) is 0 Å². The molecule has 0 bridgehead atoms. The lowest BCUT2D eigenvalue weighted by Crippen LogP contribution is -2.28. The molecule has 1 fully saturated rings. The molecule has 0 unspecified atom stereocenters. The summed E-state index contributed by atoms with van der Waals surface area (Å²) in [6, 6.07) is 2.00. The summed E-state index contributed by atoms with van der Waals surface area (Å²) in [6.45, 7) is 2.07. The molecule has 1 aromatic rings. The molecule has 0 radical (unpaired) electrons. The number of hydrogen-bond acceptors (Lipinski definition) is 4. The summed E-state index contributed by atoms with van der Waals surface area (Å²) >= 11 is 7.37. The summed E-state index contributed by atoms with van der Waals surface area (Å²) in [5, 5.41) is 10.2. The fourth-order valence-electron chi connectivity index (χ4n) is 1.63. The average molecular weight is 228 g/mol. The Kier molecular flexibility index (Phi) is 2.90. The Morgan fingerprint density at radius 3 is 2.64 bits per heavy atom. The van der Waals surface area contributed by atoms with Gasteiger partial charge in [0.25, 0.3) is 0 Å². The lowest BCUT2D eigenvalue weighted by molar-refractivity contribution is 0.580. The van der Waals surface area contributed by atoms with Crippen LogP contribution in [0.1, 0.15) is 25.0 Å². The van der Waals surface area contributed by atoms with E-state index in [-0.39, 0.29) is 0 Å². The number of nitrogens with zero attached hydrogens (tertiary/aromatic N) is 3. The minimum Gasteiger partial charge on any atom is -0.361 e. The van der Waals surface area contributed by atoms with Crippen molar-refractivity contribution in [2.24, 2.45) is 0 Å². The van der Waals surface area contributed by atoms with Crippen LogP contribution >= 0.6 is 23.1 Å². The lowest BCUT2D eigenvalue weighted by Gasteiger charge is -2.26. The van der Waals surface area contributed by atoms with Crippen molar-refractivity contribution in [3.63, 3.8) is 0 Å². The Bertz CT molecular complexity index is 363. The number of nitriles is 1. The molecule has 1 saturated heterocycles. The zero-order chi connectivity index (χ0) is 9.97. The van der Waals surface area contributed by atoms with E-state index in [0.29, 0.717) is 10.7 Å². The predicted octanol–water partition coefficient (Wildman–Crippen LogP) is 2.66. The summed E-state index contributed by atoms with van der Waals surface area (Å²) < 4.78 is 4.02. The number of hydrogen-bond donors (Lipinski definition) is 0. The van der Waals surface area contributed by atoms with Crippen LogP contribution in [0.2, 0.25) is 5.02 Å². The van der Waals surface area contributed by atoms with Crippen molar-refractivity contribution >= 4 is 28.1 Å². The average Bonchev–Trinajstić information content (AvgIpc) is 2.61. The highest BCUT2D eigenvalue weighted by Gasteiger charge is 2.19. The van der Waals surface area contributed by atoms with Gasteiger partial charge in [-0.1, -0.05) is 11.6 Å². The fraction of sp³-hybridized carbons (Fsp3) is 0.556. The van der Waals surface area contributed by atoms with Crippen LogP contribution in [0.25, 0.3) is 0 Å². The first-order chi connectivity index (χ1) is 6.83. The fourth-order valence-corrected chi connectivity index (χ4v) is 2.78. The topological polar surface area (TPSA) is 39.9 Å². The smallest absolute Gasteiger partial charge is 0.175 e. The van der Waals surface area contributed by atoms with Crippen LogP contribution in [0.4, 0.5) is 5.00 Å². The molecule has 74 valence electrons. The van der Waals surface area contributed by atoms with Gasteiger partial charge in [0, 0.05) is 13.1 Å². The van der Waals surface area contributed by atoms with Crippen LogP contribution in [0, 0.1) is 11.3 Å². The van der Waals surface area contributed by atoms with E-state index in [4.69, 9.17) is 16.9 Å². The van der Waals surface area contributed by atoms with Gasteiger partial charge in [-0.2, -0.15) is 9.64 Å². The van der Waals surface area contributed by atoms with E-state index in [9.17, 15) is 0 Å². The molecule has 0 saturated carbocycles. The maximum Gasteiger partial charge on any atom is 0.175 e. The second-order valence-corrected chi connectivity index (χ2v) is 4.44. The van der Waals surface area contributed by atoms with Crippen LogP contribution < -0.4 is 4.90 Å². The minimum atomic E-state index is 0.359. The van der Waals surface area contributed by atoms with Crippen LogP contribution in [0.5, 0.6) is 0 Å². The zero-order valence-electron chi connectivity index (χ0n) is 7.66. The zero-order valence-corrected chi connectivity index (χ0v) is 9.24. The quantitative estimate of drug-likeness (QED) is 0.741. The van der Waals surface area contributed by atoms with E-state index in [1.807, 2.05) is 6.07 Å². The molecular formula is C9H10ClN3S. The van der Waals surface area contributed by atoms with Gasteiger partial charge in [0.1, 0.15) is 16.1 Å². The Morgan fingerprint density at radius 2 is 2.07 bits per heavy atom. The third kappa shape index (κ3) is 1.70. The Labute approximate surface area is 92.1 Å². The Morgan fingerprint density at radius 1 is 1.36 bits per heavy atom. The number of piperidine rings is 1. The van der Waals surface area contributed by atoms with Gasteiger partial charge in [-0.05, 0) is 30.8 Å². The van der Waals surface area contributed by atoms with Gasteiger partial charge < -0.3 is 4.90 Å². The van der Waals surface area contributed by atoms with E-state index >= 15 is 0 Å². The summed E-state index contributed by atoms with van der Waals surface area (Å²) in [5.41, 5.74) is 0.359. The molecule has 5 heteroatoms. The van der Waals surface area contributed by atoms with Gasteiger partial charge in [0.05, 0.1) is 0 Å². The van der Waals surface area contributed by atoms with Crippen LogP contribution in [-0.4, -0.2) is 17.5 Å². The molecule has 0 amide bonds. The minimum absolute atomic E-state index is 0.359. The molecule has 14 heavy (non-hydrogen) atoms. The molecule has 1 aliphatic heterocycles. The van der Waals surface area contributed by atoms with Gasteiger partial charge in [0.15, 0.2) is 5.69 Å². The maximum atomic E-state index is 8.72. The molecule has 1 aliphatic rings. The van der Waals surface area contributed by atoms with Crippen LogP contribution in [-0.2, 0) is 0 Å². The summed E-state index contributed by atoms with van der Waals surface area (Å²) in [5.74, 6) is 0. The van der Waals surface area contributed by atoms with E-state index in [2.05, 4.69) is 9.27 Å². The summed E-state index contributed by atoms with van der Waals surface area (Å²) in [6.07, 6.45) is 3.70. The van der Waals surface area contributed by atoms with Crippen molar-refractivity contribution in [1.29, 1.82) is 5.26 Å². The highest BCUT2D eigenvalue weighted by Crippen LogP contribution is 2.34. The van der Waals surface area contributed by atoms with Gasteiger partial charge in [-0.15, -0.1) is 0 Å². The van der Waals surface area contributed by atoms with E-state index in [0.717, 1.165) is 18.1 Å².